The minimum absolute atomic E-state index is 0.146. The quantitative estimate of drug-likeness (QED) is 0.790. The summed E-state index contributed by atoms with van der Waals surface area (Å²) in [6.07, 6.45) is 3.69. The van der Waals surface area contributed by atoms with E-state index >= 15 is 0 Å². The molecule has 20 heavy (non-hydrogen) atoms. The topological polar surface area (TPSA) is 39.2 Å². The van der Waals surface area contributed by atoms with Crippen LogP contribution in [0.4, 0.5) is 0 Å². The monoisotopic (exact) mass is 267 g/mol. The van der Waals surface area contributed by atoms with Gasteiger partial charge in [-0.1, -0.05) is 42.5 Å². The van der Waals surface area contributed by atoms with Crippen molar-refractivity contribution in [3.63, 3.8) is 0 Å². The Kier molecular flexibility index (Phi) is 4.66. The number of benzene rings is 1. The fraction of sp³-hybridized carbons (Fsp3) is 0.176. The molecule has 3 heteroatoms. The fourth-order valence-electron chi connectivity index (χ4n) is 1.68. The Hall–Kier alpha value is -2.42. The lowest BCUT2D eigenvalue weighted by molar-refractivity contribution is 0.0371. The Morgan fingerprint density at radius 1 is 1.05 bits per heavy atom. The molecule has 1 aromatic heterocycles. The maximum Gasteiger partial charge on any atom is 0.357 e. The molecule has 0 aliphatic carbocycles. The van der Waals surface area contributed by atoms with Gasteiger partial charge in [-0.25, -0.2) is 9.78 Å². The molecule has 0 aliphatic heterocycles. The maximum atomic E-state index is 11.8. The van der Waals surface area contributed by atoms with E-state index in [1.807, 2.05) is 62.4 Å². The van der Waals surface area contributed by atoms with Gasteiger partial charge in [-0.3, -0.25) is 0 Å². The third-order valence-electron chi connectivity index (χ3n) is 2.57. The summed E-state index contributed by atoms with van der Waals surface area (Å²) in [7, 11) is 0. The van der Waals surface area contributed by atoms with Gasteiger partial charge in [0.1, 0.15) is 5.69 Å². The summed E-state index contributed by atoms with van der Waals surface area (Å²) in [4.78, 5) is 16.1. The first kappa shape index (κ1) is 14.0. The first-order valence-corrected chi connectivity index (χ1v) is 6.56. The van der Waals surface area contributed by atoms with E-state index in [4.69, 9.17) is 4.74 Å². The van der Waals surface area contributed by atoms with E-state index in [0.717, 1.165) is 11.3 Å². The van der Waals surface area contributed by atoms with Crippen molar-refractivity contribution < 1.29 is 9.53 Å². The largest absolute Gasteiger partial charge is 0.458 e. The van der Waals surface area contributed by atoms with E-state index in [9.17, 15) is 4.79 Å². The Labute approximate surface area is 118 Å². The molecule has 2 aromatic rings. The summed E-state index contributed by atoms with van der Waals surface area (Å²) < 4.78 is 5.13. The Balaban J connectivity index is 2.14. The molecule has 0 aliphatic rings. The van der Waals surface area contributed by atoms with E-state index in [1.54, 1.807) is 12.1 Å². The highest BCUT2D eigenvalue weighted by Crippen LogP contribution is 2.08. The lowest BCUT2D eigenvalue weighted by Gasteiger charge is -2.07. The molecule has 0 fully saturated rings. The van der Waals surface area contributed by atoms with Gasteiger partial charge in [0.25, 0.3) is 0 Å². The Morgan fingerprint density at radius 2 is 1.80 bits per heavy atom. The van der Waals surface area contributed by atoms with Gasteiger partial charge < -0.3 is 4.74 Å². The lowest BCUT2D eigenvalue weighted by atomic mass is 10.2. The van der Waals surface area contributed by atoms with Crippen LogP contribution in [0.2, 0.25) is 0 Å². The van der Waals surface area contributed by atoms with E-state index in [0.29, 0.717) is 5.69 Å². The highest BCUT2D eigenvalue weighted by atomic mass is 16.5. The van der Waals surface area contributed by atoms with Crippen LogP contribution in [-0.2, 0) is 4.74 Å². The molecule has 0 saturated carbocycles. The van der Waals surface area contributed by atoms with Gasteiger partial charge in [-0.05, 0) is 37.6 Å². The third-order valence-corrected chi connectivity index (χ3v) is 2.57. The molecule has 0 spiro atoms. The summed E-state index contributed by atoms with van der Waals surface area (Å²) >= 11 is 0. The van der Waals surface area contributed by atoms with Crippen LogP contribution in [0.15, 0.2) is 48.5 Å². The van der Waals surface area contributed by atoms with Gasteiger partial charge in [0.05, 0.1) is 11.8 Å². The van der Waals surface area contributed by atoms with E-state index in [2.05, 4.69) is 4.98 Å². The molecule has 0 atom stereocenters. The fourth-order valence-corrected chi connectivity index (χ4v) is 1.68. The number of hydrogen-bond acceptors (Lipinski definition) is 3. The highest BCUT2D eigenvalue weighted by Gasteiger charge is 2.10. The number of nitrogens with zero attached hydrogens (tertiary/aromatic N) is 1. The van der Waals surface area contributed by atoms with Gasteiger partial charge in [0, 0.05) is 0 Å². The number of rotatable bonds is 4. The Bertz CT molecular complexity index is 603. The van der Waals surface area contributed by atoms with Gasteiger partial charge >= 0.3 is 5.97 Å². The summed E-state index contributed by atoms with van der Waals surface area (Å²) in [6.45, 7) is 3.63. The van der Waals surface area contributed by atoms with E-state index in [1.165, 1.54) is 0 Å². The number of carbonyl (C=O) groups excluding carboxylic acids is 1. The van der Waals surface area contributed by atoms with Crippen molar-refractivity contribution in [3.8, 4) is 0 Å². The average molecular weight is 267 g/mol. The van der Waals surface area contributed by atoms with Crippen molar-refractivity contribution in [2.24, 2.45) is 0 Å². The van der Waals surface area contributed by atoms with Crippen molar-refractivity contribution in [2.75, 3.05) is 0 Å². The predicted octanol–water partition coefficient (Wildman–Crippen LogP) is 3.82. The molecule has 102 valence electrons. The van der Waals surface area contributed by atoms with Crippen molar-refractivity contribution >= 4 is 18.1 Å². The second-order valence-electron chi connectivity index (χ2n) is 4.65. The standard InChI is InChI=1S/C17H17NO2/c1-13(2)20-17(19)16-10-6-9-15(18-16)12-11-14-7-4-3-5-8-14/h3-13H,1-2H3/b12-11+. The summed E-state index contributed by atoms with van der Waals surface area (Å²) in [5.41, 5.74) is 2.14. The number of pyridine rings is 1. The molecule has 0 radical (unpaired) electrons. The molecule has 0 unspecified atom stereocenters. The number of esters is 1. The Morgan fingerprint density at radius 3 is 2.50 bits per heavy atom. The zero-order valence-electron chi connectivity index (χ0n) is 11.6. The first-order valence-electron chi connectivity index (χ1n) is 6.56. The van der Waals surface area contributed by atoms with Crippen molar-refractivity contribution in [1.29, 1.82) is 0 Å². The summed E-state index contributed by atoms with van der Waals surface area (Å²) in [5.74, 6) is -0.394. The molecule has 0 amide bonds. The van der Waals surface area contributed by atoms with Crippen LogP contribution in [0.25, 0.3) is 12.2 Å². The van der Waals surface area contributed by atoms with E-state index in [-0.39, 0.29) is 6.10 Å². The van der Waals surface area contributed by atoms with Crippen LogP contribution in [0.3, 0.4) is 0 Å². The first-order chi connectivity index (χ1) is 9.65. The zero-order chi connectivity index (χ0) is 14.4. The van der Waals surface area contributed by atoms with Gasteiger partial charge in [-0.15, -0.1) is 0 Å². The van der Waals surface area contributed by atoms with Crippen LogP contribution < -0.4 is 0 Å². The molecule has 1 heterocycles. The molecule has 0 bridgehead atoms. The number of aromatic nitrogens is 1. The van der Waals surface area contributed by atoms with Crippen molar-refractivity contribution in [3.05, 3.63) is 65.5 Å². The zero-order valence-corrected chi connectivity index (χ0v) is 11.6. The molecule has 3 nitrogen and oxygen atoms in total. The minimum atomic E-state index is -0.394. The van der Waals surface area contributed by atoms with Gasteiger partial charge in [0.15, 0.2) is 0 Å². The molecular formula is C17H17NO2. The smallest absolute Gasteiger partial charge is 0.357 e. The summed E-state index contributed by atoms with van der Waals surface area (Å²) in [5, 5.41) is 0. The lowest BCUT2D eigenvalue weighted by Crippen LogP contribution is -2.13. The molecule has 1 aromatic carbocycles. The van der Waals surface area contributed by atoms with Gasteiger partial charge in [0.2, 0.25) is 0 Å². The molecule has 0 N–H and O–H groups in total. The molecule has 2 rings (SSSR count). The number of hydrogen-bond donors (Lipinski definition) is 0. The van der Waals surface area contributed by atoms with Gasteiger partial charge in [-0.2, -0.15) is 0 Å². The average Bonchev–Trinajstić information content (AvgIpc) is 2.46. The van der Waals surface area contributed by atoms with Crippen LogP contribution >= 0.6 is 0 Å². The normalized spacial score (nSPS) is 10.9. The maximum absolute atomic E-state index is 11.8. The predicted molar refractivity (Wildman–Crippen MR) is 80.2 cm³/mol. The second-order valence-corrected chi connectivity index (χ2v) is 4.65. The van der Waals surface area contributed by atoms with Crippen molar-refractivity contribution in [2.45, 2.75) is 20.0 Å². The third kappa shape index (κ3) is 4.05. The summed E-state index contributed by atoms with van der Waals surface area (Å²) in [6, 6.07) is 15.2. The number of ether oxygens (including phenoxy) is 1. The van der Waals surface area contributed by atoms with Crippen LogP contribution in [0.5, 0.6) is 0 Å². The van der Waals surface area contributed by atoms with Crippen LogP contribution in [0, 0.1) is 0 Å². The van der Waals surface area contributed by atoms with Crippen molar-refractivity contribution in [1.82, 2.24) is 4.98 Å². The SMILES string of the molecule is CC(C)OC(=O)c1cccc(/C=C/c2ccccc2)n1. The highest BCUT2D eigenvalue weighted by molar-refractivity contribution is 5.87. The number of carbonyl (C=O) groups is 1. The minimum Gasteiger partial charge on any atom is -0.458 e. The van der Waals surface area contributed by atoms with Crippen LogP contribution in [0.1, 0.15) is 35.6 Å². The van der Waals surface area contributed by atoms with Crippen LogP contribution in [-0.4, -0.2) is 17.1 Å². The molecular weight excluding hydrogens is 250 g/mol. The second kappa shape index (κ2) is 6.66. The molecule has 0 saturated heterocycles. The van der Waals surface area contributed by atoms with E-state index < -0.39 is 5.97 Å².